The number of carbonyl (C=O) groups is 3. The van der Waals surface area contributed by atoms with Gasteiger partial charge >= 0.3 is 5.97 Å². The Labute approximate surface area is 122 Å². The molecular formula is C15H18N2O4. The Morgan fingerprint density at radius 3 is 2.57 bits per heavy atom. The number of carbonyl (C=O) groups excluding carboxylic acids is 2. The van der Waals surface area contributed by atoms with Gasteiger partial charge in [0.05, 0.1) is 0 Å². The Bertz CT molecular complexity index is 530. The number of hydrogen-bond donors (Lipinski definition) is 2. The Kier molecular flexibility index (Phi) is 4.92. The van der Waals surface area contributed by atoms with Gasteiger partial charge in [-0.25, -0.2) is 4.79 Å². The minimum atomic E-state index is -0.977. The molecular weight excluding hydrogens is 272 g/mol. The first kappa shape index (κ1) is 15.0. The first-order chi connectivity index (χ1) is 10.1. The third-order valence-electron chi connectivity index (χ3n) is 3.48. The van der Waals surface area contributed by atoms with E-state index in [1.807, 2.05) is 18.2 Å². The van der Waals surface area contributed by atoms with E-state index in [9.17, 15) is 14.4 Å². The van der Waals surface area contributed by atoms with E-state index >= 15 is 0 Å². The Morgan fingerprint density at radius 2 is 1.90 bits per heavy atom. The number of nitrogens with one attached hydrogen (secondary N) is 1. The van der Waals surface area contributed by atoms with E-state index in [-0.39, 0.29) is 24.7 Å². The molecule has 6 nitrogen and oxygen atoms in total. The first-order valence-electron chi connectivity index (χ1n) is 6.95. The lowest BCUT2D eigenvalue weighted by Gasteiger charge is -2.21. The number of carboxylic acids is 1. The zero-order chi connectivity index (χ0) is 15.2. The van der Waals surface area contributed by atoms with Crippen LogP contribution in [0.3, 0.4) is 0 Å². The number of likely N-dealkylation sites (tertiary alicyclic amines) is 1. The van der Waals surface area contributed by atoms with E-state index in [1.54, 1.807) is 12.1 Å². The standard InChI is InChI=1S/C15H18N2O4/c18-13(16-11-5-2-1-3-6-11)8-9-14(19)17-10-4-7-12(17)15(20)21/h1-3,5-6,12H,4,7-10H2,(H,16,18)(H,20,21). The highest BCUT2D eigenvalue weighted by molar-refractivity contribution is 5.93. The summed E-state index contributed by atoms with van der Waals surface area (Å²) in [6.45, 7) is 0.454. The van der Waals surface area contributed by atoms with Crippen LogP contribution in [0.1, 0.15) is 25.7 Å². The Morgan fingerprint density at radius 1 is 1.19 bits per heavy atom. The molecule has 0 radical (unpaired) electrons. The van der Waals surface area contributed by atoms with Crippen LogP contribution in [0, 0.1) is 0 Å². The molecule has 6 heteroatoms. The maximum Gasteiger partial charge on any atom is 0.326 e. The normalized spacial score (nSPS) is 17.5. The minimum Gasteiger partial charge on any atom is -0.480 e. The quantitative estimate of drug-likeness (QED) is 0.860. The largest absolute Gasteiger partial charge is 0.480 e. The number of amides is 2. The summed E-state index contributed by atoms with van der Waals surface area (Å²) in [4.78, 5) is 36.1. The molecule has 112 valence electrons. The van der Waals surface area contributed by atoms with Crippen molar-refractivity contribution in [2.45, 2.75) is 31.7 Å². The molecule has 0 bridgehead atoms. The van der Waals surface area contributed by atoms with Crippen molar-refractivity contribution in [1.82, 2.24) is 4.90 Å². The van der Waals surface area contributed by atoms with E-state index in [0.29, 0.717) is 25.1 Å². The maximum atomic E-state index is 12.0. The summed E-state index contributed by atoms with van der Waals surface area (Å²) in [5, 5.41) is 11.7. The van der Waals surface area contributed by atoms with Gasteiger partial charge in [0.25, 0.3) is 0 Å². The lowest BCUT2D eigenvalue weighted by Crippen LogP contribution is -2.40. The summed E-state index contributed by atoms with van der Waals surface area (Å²) in [6.07, 6.45) is 1.26. The van der Waals surface area contributed by atoms with E-state index in [2.05, 4.69) is 5.32 Å². The molecule has 2 rings (SSSR count). The van der Waals surface area contributed by atoms with E-state index in [1.165, 1.54) is 4.90 Å². The van der Waals surface area contributed by atoms with Crippen molar-refractivity contribution in [3.05, 3.63) is 30.3 Å². The fourth-order valence-electron chi connectivity index (χ4n) is 2.43. The van der Waals surface area contributed by atoms with Gasteiger partial charge in [0.1, 0.15) is 6.04 Å². The van der Waals surface area contributed by atoms with Crippen molar-refractivity contribution in [3.8, 4) is 0 Å². The van der Waals surface area contributed by atoms with Gasteiger partial charge in [-0.05, 0) is 25.0 Å². The first-order valence-corrected chi connectivity index (χ1v) is 6.95. The van der Waals surface area contributed by atoms with Crippen LogP contribution in [0.25, 0.3) is 0 Å². The second kappa shape index (κ2) is 6.88. The van der Waals surface area contributed by atoms with Crippen molar-refractivity contribution >= 4 is 23.5 Å². The summed E-state index contributed by atoms with van der Waals surface area (Å²) >= 11 is 0. The highest BCUT2D eigenvalue weighted by Gasteiger charge is 2.33. The summed E-state index contributed by atoms with van der Waals surface area (Å²) in [6, 6.07) is 8.25. The topological polar surface area (TPSA) is 86.7 Å². The van der Waals surface area contributed by atoms with Crippen molar-refractivity contribution in [3.63, 3.8) is 0 Å². The number of benzene rings is 1. The molecule has 1 aromatic carbocycles. The molecule has 1 unspecified atom stereocenters. The molecule has 1 fully saturated rings. The van der Waals surface area contributed by atoms with Crippen LogP contribution in [-0.4, -0.2) is 40.4 Å². The summed E-state index contributed by atoms with van der Waals surface area (Å²) in [7, 11) is 0. The van der Waals surface area contributed by atoms with Crippen LogP contribution >= 0.6 is 0 Å². The lowest BCUT2D eigenvalue weighted by molar-refractivity contribution is -0.148. The third-order valence-corrected chi connectivity index (χ3v) is 3.48. The van der Waals surface area contributed by atoms with Crippen molar-refractivity contribution in [1.29, 1.82) is 0 Å². The summed E-state index contributed by atoms with van der Waals surface area (Å²) in [5.74, 6) is -1.50. The van der Waals surface area contributed by atoms with Crippen LogP contribution in [0.15, 0.2) is 30.3 Å². The van der Waals surface area contributed by atoms with Gasteiger partial charge in [-0.3, -0.25) is 9.59 Å². The predicted octanol–water partition coefficient (Wildman–Crippen LogP) is 1.48. The molecule has 2 amide bonds. The average Bonchev–Trinajstić information content (AvgIpc) is 2.95. The van der Waals surface area contributed by atoms with Crippen molar-refractivity contribution in [2.24, 2.45) is 0 Å². The summed E-state index contributed by atoms with van der Waals surface area (Å²) < 4.78 is 0. The van der Waals surface area contributed by atoms with Crippen molar-refractivity contribution < 1.29 is 19.5 Å². The second-order valence-corrected chi connectivity index (χ2v) is 5.00. The number of rotatable bonds is 5. The van der Waals surface area contributed by atoms with Crippen molar-refractivity contribution in [2.75, 3.05) is 11.9 Å². The molecule has 0 aromatic heterocycles. The molecule has 0 aliphatic carbocycles. The molecule has 1 saturated heterocycles. The zero-order valence-corrected chi connectivity index (χ0v) is 11.6. The zero-order valence-electron chi connectivity index (χ0n) is 11.6. The van der Waals surface area contributed by atoms with Gasteiger partial charge in [-0.2, -0.15) is 0 Å². The number of nitrogens with zero attached hydrogens (tertiary/aromatic N) is 1. The smallest absolute Gasteiger partial charge is 0.326 e. The molecule has 1 aromatic rings. The molecule has 1 heterocycles. The summed E-state index contributed by atoms with van der Waals surface area (Å²) in [5.41, 5.74) is 0.680. The fourth-order valence-corrected chi connectivity index (χ4v) is 2.43. The monoisotopic (exact) mass is 290 g/mol. The van der Waals surface area contributed by atoms with Crippen LogP contribution in [0.5, 0.6) is 0 Å². The Balaban J connectivity index is 1.81. The molecule has 21 heavy (non-hydrogen) atoms. The van der Waals surface area contributed by atoms with Crippen LogP contribution < -0.4 is 5.32 Å². The number of para-hydroxylation sites is 1. The van der Waals surface area contributed by atoms with Gasteiger partial charge in [-0.1, -0.05) is 18.2 Å². The molecule has 1 aliphatic rings. The second-order valence-electron chi connectivity index (χ2n) is 5.00. The van der Waals surface area contributed by atoms with Crippen LogP contribution in [0.2, 0.25) is 0 Å². The highest BCUT2D eigenvalue weighted by Crippen LogP contribution is 2.19. The third kappa shape index (κ3) is 4.05. The van der Waals surface area contributed by atoms with Gasteiger partial charge in [0.15, 0.2) is 0 Å². The molecule has 0 spiro atoms. The molecule has 2 N–H and O–H groups in total. The Hall–Kier alpha value is -2.37. The maximum absolute atomic E-state index is 12.0. The van der Waals surface area contributed by atoms with Gasteiger partial charge in [0.2, 0.25) is 11.8 Å². The SMILES string of the molecule is O=C(CCC(=O)N1CCCC1C(=O)O)Nc1ccccc1. The fraction of sp³-hybridized carbons (Fsp3) is 0.400. The number of anilines is 1. The van der Waals surface area contributed by atoms with E-state index in [4.69, 9.17) is 5.11 Å². The lowest BCUT2D eigenvalue weighted by atomic mass is 10.2. The number of hydrogen-bond acceptors (Lipinski definition) is 3. The minimum absolute atomic E-state index is 0.0302. The molecule has 0 saturated carbocycles. The van der Waals surface area contributed by atoms with E-state index in [0.717, 1.165) is 0 Å². The predicted molar refractivity (Wildman–Crippen MR) is 76.7 cm³/mol. The van der Waals surface area contributed by atoms with Gasteiger partial charge in [0, 0.05) is 25.1 Å². The highest BCUT2D eigenvalue weighted by atomic mass is 16.4. The number of aliphatic carboxylic acids is 1. The van der Waals surface area contributed by atoms with Gasteiger partial charge < -0.3 is 15.3 Å². The van der Waals surface area contributed by atoms with E-state index < -0.39 is 12.0 Å². The van der Waals surface area contributed by atoms with Crippen LogP contribution in [0.4, 0.5) is 5.69 Å². The average molecular weight is 290 g/mol. The number of carboxylic acid groups (broad SMARTS) is 1. The molecule has 1 aliphatic heterocycles. The van der Waals surface area contributed by atoms with Crippen LogP contribution in [-0.2, 0) is 14.4 Å². The molecule has 1 atom stereocenters. The van der Waals surface area contributed by atoms with Gasteiger partial charge in [-0.15, -0.1) is 0 Å².